The van der Waals surface area contributed by atoms with Crippen molar-refractivity contribution in [2.45, 2.75) is 12.4 Å². The van der Waals surface area contributed by atoms with Crippen LogP contribution in [-0.4, -0.2) is 31.0 Å². The molecule has 6 nitrogen and oxygen atoms in total. The molecule has 0 unspecified atom stereocenters. The number of benzene rings is 2. The second-order valence-corrected chi connectivity index (χ2v) is 6.56. The number of para-hydroxylation sites is 2. The minimum Gasteiger partial charge on any atom is -0.741 e. The second-order valence-electron chi connectivity index (χ2n) is 5.19. The minimum atomic E-state index is -6.09. The molecule has 10 heteroatoms. The highest BCUT2D eigenvalue weighted by Gasteiger charge is 2.36. The summed E-state index contributed by atoms with van der Waals surface area (Å²) in [6, 6.07) is 20.6. The number of hydrazone groups is 1. The zero-order chi connectivity index (χ0) is 19.4. The molecule has 0 N–H and O–H groups in total. The van der Waals surface area contributed by atoms with Gasteiger partial charge >= 0.3 is 5.51 Å². The van der Waals surface area contributed by atoms with Crippen molar-refractivity contribution in [1.29, 1.82) is 0 Å². The van der Waals surface area contributed by atoms with Gasteiger partial charge in [0.2, 0.25) is 0 Å². The highest BCUT2D eigenvalue weighted by molar-refractivity contribution is 7.86. The first-order chi connectivity index (χ1) is 12.1. The summed E-state index contributed by atoms with van der Waals surface area (Å²) in [4.78, 5) is 2.20. The van der Waals surface area contributed by atoms with E-state index in [0.717, 1.165) is 18.2 Å². The van der Waals surface area contributed by atoms with Crippen molar-refractivity contribution in [3.63, 3.8) is 0 Å². The Morgan fingerprint density at radius 1 is 0.962 bits per heavy atom. The molecule has 0 amide bonds. The third-order valence-electron chi connectivity index (χ3n) is 3.34. The van der Waals surface area contributed by atoms with Gasteiger partial charge in [-0.05, 0) is 31.2 Å². The summed E-state index contributed by atoms with van der Waals surface area (Å²) < 4.78 is 58.9. The molecule has 0 saturated heterocycles. The van der Waals surface area contributed by atoms with Gasteiger partial charge in [0.1, 0.15) is 12.5 Å². The number of nitrogens with zero attached hydrogens (tertiary/aromatic N) is 3. The molecule has 0 aromatic heterocycles. The van der Waals surface area contributed by atoms with Crippen molar-refractivity contribution in [1.82, 2.24) is 0 Å². The van der Waals surface area contributed by atoms with Gasteiger partial charge in [0, 0.05) is 5.69 Å². The van der Waals surface area contributed by atoms with Crippen LogP contribution in [0.4, 0.5) is 24.5 Å². The van der Waals surface area contributed by atoms with Crippen LogP contribution in [0.2, 0.25) is 0 Å². The van der Waals surface area contributed by atoms with E-state index in [1.165, 1.54) is 5.69 Å². The van der Waals surface area contributed by atoms with Gasteiger partial charge in [-0.25, -0.2) is 13.4 Å². The van der Waals surface area contributed by atoms with Crippen molar-refractivity contribution in [3.05, 3.63) is 60.7 Å². The van der Waals surface area contributed by atoms with Crippen LogP contribution in [-0.2, 0) is 10.1 Å². The standard InChI is InChI=1S/C15H15N3.CHF3O3S/c1-13-16-18(15-10-6-3-7-11-15)12-17(13)14-8-4-2-5-9-14;2-1(3,4)8(5,6)7/h2-11H,12H2,1H3;(H,5,6,7)/p-1. The van der Waals surface area contributed by atoms with E-state index in [0.29, 0.717) is 0 Å². The third kappa shape index (κ3) is 4.96. The first kappa shape index (κ1) is 19.7. The Hall–Kier alpha value is -2.59. The lowest BCUT2D eigenvalue weighted by atomic mass is 10.3. The molecule has 0 aliphatic carbocycles. The Labute approximate surface area is 148 Å². The molecular formula is C16H15F3N3O3S-. The van der Waals surface area contributed by atoms with E-state index < -0.39 is 15.6 Å². The molecule has 0 spiro atoms. The summed E-state index contributed by atoms with van der Waals surface area (Å²) in [6.45, 7) is 2.80. The lowest BCUT2D eigenvalue weighted by molar-refractivity contribution is -0.0517. The molecule has 1 aliphatic heterocycles. The molecule has 2 aromatic rings. The maximum absolute atomic E-state index is 10.7. The maximum Gasteiger partial charge on any atom is 0.485 e. The van der Waals surface area contributed by atoms with Gasteiger partial charge in [-0.15, -0.1) is 0 Å². The lowest BCUT2D eigenvalue weighted by Gasteiger charge is -2.20. The molecular weight excluding hydrogens is 371 g/mol. The van der Waals surface area contributed by atoms with Gasteiger partial charge in [0.15, 0.2) is 10.1 Å². The molecule has 0 radical (unpaired) electrons. The van der Waals surface area contributed by atoms with Gasteiger partial charge in [0.05, 0.1) is 5.69 Å². The lowest BCUT2D eigenvalue weighted by Crippen LogP contribution is -2.29. The van der Waals surface area contributed by atoms with Crippen molar-refractivity contribution in [2.75, 3.05) is 16.6 Å². The van der Waals surface area contributed by atoms with Gasteiger partial charge in [-0.1, -0.05) is 36.4 Å². The fourth-order valence-corrected chi connectivity index (χ4v) is 2.11. The number of anilines is 2. The first-order valence-electron chi connectivity index (χ1n) is 7.32. The van der Waals surface area contributed by atoms with Crippen LogP contribution in [0.1, 0.15) is 6.92 Å². The van der Waals surface area contributed by atoms with Crippen molar-refractivity contribution in [2.24, 2.45) is 5.10 Å². The average molecular weight is 386 g/mol. The van der Waals surface area contributed by atoms with Crippen LogP contribution in [0.15, 0.2) is 65.8 Å². The van der Waals surface area contributed by atoms with Crippen molar-refractivity contribution >= 4 is 27.3 Å². The zero-order valence-corrected chi connectivity index (χ0v) is 14.4. The number of alkyl halides is 3. The Kier molecular flexibility index (Phi) is 5.88. The number of hydrogen-bond acceptors (Lipinski definition) is 6. The summed E-state index contributed by atoms with van der Waals surface area (Å²) in [5.74, 6) is 1.02. The summed E-state index contributed by atoms with van der Waals surface area (Å²) in [5.41, 5.74) is -3.35. The Balaban J connectivity index is 0.000000260. The SMILES string of the molecule is CC1=NN(c2ccccc2)CN1c1ccccc1.O=S(=O)([O-])C(F)(F)F. The van der Waals surface area contributed by atoms with Gasteiger partial charge in [0.25, 0.3) is 0 Å². The van der Waals surface area contributed by atoms with Crippen LogP contribution >= 0.6 is 0 Å². The normalized spacial score (nSPS) is 14.6. The molecule has 26 heavy (non-hydrogen) atoms. The smallest absolute Gasteiger partial charge is 0.485 e. The number of halogens is 3. The highest BCUT2D eigenvalue weighted by atomic mass is 32.2. The van der Waals surface area contributed by atoms with Gasteiger partial charge in [-0.2, -0.15) is 18.3 Å². The van der Waals surface area contributed by atoms with Crippen LogP contribution in [0.25, 0.3) is 0 Å². The van der Waals surface area contributed by atoms with E-state index >= 15 is 0 Å². The molecule has 0 atom stereocenters. The number of amidine groups is 1. The van der Waals surface area contributed by atoms with Crippen LogP contribution in [0.5, 0.6) is 0 Å². The molecule has 1 aliphatic rings. The van der Waals surface area contributed by atoms with Crippen LogP contribution in [0, 0.1) is 0 Å². The topological polar surface area (TPSA) is 76.0 Å². The molecule has 140 valence electrons. The van der Waals surface area contributed by atoms with E-state index in [-0.39, 0.29) is 0 Å². The summed E-state index contributed by atoms with van der Waals surface area (Å²) in [6.07, 6.45) is 0. The molecule has 0 saturated carbocycles. The van der Waals surface area contributed by atoms with Gasteiger partial charge < -0.3 is 9.45 Å². The van der Waals surface area contributed by atoms with E-state index in [4.69, 9.17) is 13.0 Å². The molecule has 3 rings (SSSR count). The largest absolute Gasteiger partial charge is 0.741 e. The van der Waals surface area contributed by atoms with E-state index in [9.17, 15) is 13.2 Å². The summed E-state index contributed by atoms with van der Waals surface area (Å²) >= 11 is 0. The van der Waals surface area contributed by atoms with E-state index in [1.54, 1.807) is 0 Å². The summed E-state index contributed by atoms with van der Waals surface area (Å²) in [5, 5.41) is 6.61. The van der Waals surface area contributed by atoms with E-state index in [1.807, 2.05) is 48.3 Å². The minimum absolute atomic E-state index is 0.764. The Morgan fingerprint density at radius 2 is 1.38 bits per heavy atom. The van der Waals surface area contributed by atoms with Gasteiger partial charge in [-0.3, -0.25) is 0 Å². The van der Waals surface area contributed by atoms with E-state index in [2.05, 4.69) is 34.3 Å². The zero-order valence-electron chi connectivity index (χ0n) is 13.6. The predicted octanol–water partition coefficient (Wildman–Crippen LogP) is 3.36. The first-order valence-corrected chi connectivity index (χ1v) is 8.73. The summed E-state index contributed by atoms with van der Waals surface area (Å²) in [7, 11) is -6.09. The number of hydrogen-bond donors (Lipinski definition) is 0. The van der Waals surface area contributed by atoms with Crippen LogP contribution in [0.3, 0.4) is 0 Å². The number of rotatable bonds is 2. The van der Waals surface area contributed by atoms with Crippen molar-refractivity contribution in [3.8, 4) is 0 Å². The fraction of sp³-hybridized carbons (Fsp3) is 0.188. The maximum atomic E-state index is 10.7. The predicted molar refractivity (Wildman–Crippen MR) is 91.6 cm³/mol. The Bertz CT molecular complexity index is 857. The van der Waals surface area contributed by atoms with Crippen LogP contribution < -0.4 is 9.91 Å². The molecule has 2 aromatic carbocycles. The highest BCUT2D eigenvalue weighted by Crippen LogP contribution is 2.24. The quantitative estimate of drug-likeness (QED) is 0.584. The average Bonchev–Trinajstić information content (AvgIpc) is 2.97. The molecule has 0 fully saturated rings. The third-order valence-corrected chi connectivity index (χ3v) is 3.90. The fourth-order valence-electron chi connectivity index (χ4n) is 2.11. The monoisotopic (exact) mass is 386 g/mol. The molecule has 0 bridgehead atoms. The second kappa shape index (κ2) is 7.75. The molecule has 1 heterocycles. The van der Waals surface area contributed by atoms with Crippen molar-refractivity contribution < 1.29 is 26.1 Å². The Morgan fingerprint density at radius 3 is 1.81 bits per heavy atom.